The molecule has 1 aliphatic rings. The van der Waals surface area contributed by atoms with Gasteiger partial charge in [-0.2, -0.15) is 0 Å². The van der Waals surface area contributed by atoms with Gasteiger partial charge in [-0.3, -0.25) is 0 Å². The van der Waals surface area contributed by atoms with Gasteiger partial charge >= 0.3 is 0 Å². The van der Waals surface area contributed by atoms with E-state index in [0.29, 0.717) is 5.15 Å². The number of fused-ring (bicyclic) bond motifs is 1. The van der Waals surface area contributed by atoms with E-state index >= 15 is 0 Å². The molecule has 1 aliphatic heterocycles. The highest BCUT2D eigenvalue weighted by Gasteiger charge is 2.12. The van der Waals surface area contributed by atoms with Crippen molar-refractivity contribution in [3.8, 4) is 0 Å². The van der Waals surface area contributed by atoms with E-state index in [4.69, 9.17) is 11.6 Å². The summed E-state index contributed by atoms with van der Waals surface area (Å²) < 4.78 is 0. The van der Waals surface area contributed by atoms with Crippen LogP contribution in [-0.4, -0.2) is 11.5 Å². The lowest BCUT2D eigenvalue weighted by molar-refractivity contribution is 1.09. The van der Waals surface area contributed by atoms with Crippen LogP contribution in [0.25, 0.3) is 0 Å². The second-order valence-electron chi connectivity index (χ2n) is 2.30. The van der Waals surface area contributed by atoms with Gasteiger partial charge in [0.15, 0.2) is 0 Å². The fraction of sp³-hybridized carbons (Fsp3) is 0.286. The summed E-state index contributed by atoms with van der Waals surface area (Å²) in [6.07, 6.45) is 2.72. The number of hydrogen-bond acceptors (Lipinski definition) is 2. The number of halogens is 2. The van der Waals surface area contributed by atoms with Gasteiger partial charge in [-0.25, -0.2) is 4.98 Å². The topological polar surface area (TPSA) is 24.9 Å². The van der Waals surface area contributed by atoms with Crippen LogP contribution in [0.1, 0.15) is 5.56 Å². The first-order chi connectivity index (χ1) is 4.88. The minimum Gasteiger partial charge on any atom is -0.384 e. The van der Waals surface area contributed by atoms with Crippen molar-refractivity contribution in [3.63, 3.8) is 0 Å². The fourth-order valence-electron chi connectivity index (χ4n) is 1.19. The van der Waals surface area contributed by atoms with Gasteiger partial charge in [0, 0.05) is 24.0 Å². The van der Waals surface area contributed by atoms with Crippen molar-refractivity contribution in [2.75, 3.05) is 11.9 Å². The molecule has 2 nitrogen and oxygen atoms in total. The summed E-state index contributed by atoms with van der Waals surface area (Å²) in [6.45, 7) is 0.987. The maximum Gasteiger partial charge on any atom is 0.134 e. The molecular weight excluding hydrogens is 183 g/mol. The molecule has 0 saturated carbocycles. The van der Waals surface area contributed by atoms with Crippen molar-refractivity contribution in [2.45, 2.75) is 6.42 Å². The van der Waals surface area contributed by atoms with Crippen LogP contribution in [0.15, 0.2) is 12.3 Å². The minimum absolute atomic E-state index is 0. The standard InChI is InChI=1S/C7H7ClN2.ClH/c8-7-5-1-3-9-6(5)2-4-10-7;/h2,4,9H,1,3H2;1H. The Kier molecular flexibility index (Phi) is 2.58. The summed E-state index contributed by atoms with van der Waals surface area (Å²) in [4.78, 5) is 3.98. The average molecular weight is 191 g/mol. The molecule has 0 unspecified atom stereocenters. The molecule has 2 heterocycles. The van der Waals surface area contributed by atoms with Crippen molar-refractivity contribution in [3.05, 3.63) is 23.0 Å². The van der Waals surface area contributed by atoms with Crippen LogP contribution in [0, 0.1) is 0 Å². The first-order valence-electron chi connectivity index (χ1n) is 3.25. The summed E-state index contributed by atoms with van der Waals surface area (Å²) in [6, 6.07) is 1.95. The molecule has 0 saturated heterocycles. The molecule has 0 aromatic carbocycles. The normalized spacial score (nSPS) is 13.2. The Labute approximate surface area is 76.4 Å². The second-order valence-corrected chi connectivity index (χ2v) is 2.66. The first kappa shape index (κ1) is 8.62. The van der Waals surface area contributed by atoms with Gasteiger partial charge in [0.25, 0.3) is 0 Å². The Bertz CT molecular complexity index is 263. The summed E-state index contributed by atoms with van der Waals surface area (Å²) in [7, 11) is 0. The second kappa shape index (κ2) is 3.28. The molecule has 0 aliphatic carbocycles. The third-order valence-corrected chi connectivity index (χ3v) is 2.02. The van der Waals surface area contributed by atoms with E-state index in [1.165, 1.54) is 0 Å². The highest BCUT2D eigenvalue weighted by Crippen LogP contribution is 2.26. The molecule has 0 spiro atoms. The lowest BCUT2D eigenvalue weighted by Gasteiger charge is -1.97. The van der Waals surface area contributed by atoms with E-state index < -0.39 is 0 Å². The summed E-state index contributed by atoms with van der Waals surface area (Å²) >= 11 is 5.82. The largest absolute Gasteiger partial charge is 0.384 e. The fourth-order valence-corrected chi connectivity index (χ4v) is 1.45. The van der Waals surface area contributed by atoms with E-state index in [1.807, 2.05) is 6.07 Å². The van der Waals surface area contributed by atoms with Crippen molar-refractivity contribution in [2.24, 2.45) is 0 Å². The maximum atomic E-state index is 5.82. The Morgan fingerprint density at radius 2 is 2.36 bits per heavy atom. The monoisotopic (exact) mass is 190 g/mol. The van der Waals surface area contributed by atoms with Crippen molar-refractivity contribution in [1.29, 1.82) is 0 Å². The molecular formula is C7H8Cl2N2. The highest BCUT2D eigenvalue weighted by atomic mass is 35.5. The SMILES string of the molecule is Cl.Clc1nccc2c1CCN2. The Morgan fingerprint density at radius 3 is 3.09 bits per heavy atom. The third-order valence-electron chi connectivity index (χ3n) is 1.69. The zero-order valence-electron chi connectivity index (χ0n) is 5.80. The van der Waals surface area contributed by atoms with E-state index in [9.17, 15) is 0 Å². The zero-order valence-corrected chi connectivity index (χ0v) is 7.37. The molecule has 0 radical (unpaired) electrons. The van der Waals surface area contributed by atoms with Crippen molar-refractivity contribution in [1.82, 2.24) is 4.98 Å². The number of anilines is 1. The lowest BCUT2D eigenvalue weighted by Crippen LogP contribution is -1.90. The van der Waals surface area contributed by atoms with Gasteiger partial charge in [0.05, 0.1) is 0 Å². The maximum absolute atomic E-state index is 5.82. The number of pyridine rings is 1. The van der Waals surface area contributed by atoms with Crippen LogP contribution >= 0.6 is 24.0 Å². The first-order valence-corrected chi connectivity index (χ1v) is 3.63. The van der Waals surface area contributed by atoms with Crippen LogP contribution in [0.3, 0.4) is 0 Å². The molecule has 2 rings (SSSR count). The molecule has 0 atom stereocenters. The average Bonchev–Trinajstić information content (AvgIpc) is 2.36. The minimum atomic E-state index is 0. The molecule has 1 aromatic heterocycles. The highest BCUT2D eigenvalue weighted by molar-refractivity contribution is 6.30. The number of hydrogen-bond donors (Lipinski definition) is 1. The summed E-state index contributed by atoms with van der Waals surface area (Å²) in [5.74, 6) is 0. The van der Waals surface area contributed by atoms with Crippen LogP contribution < -0.4 is 5.32 Å². The Hall–Kier alpha value is -0.470. The number of nitrogens with zero attached hydrogens (tertiary/aromatic N) is 1. The Balaban J connectivity index is 0.000000605. The molecule has 1 aromatic rings. The molecule has 4 heteroatoms. The molecule has 60 valence electrons. The Morgan fingerprint density at radius 1 is 1.55 bits per heavy atom. The molecule has 1 N–H and O–H groups in total. The third kappa shape index (κ3) is 1.42. The quantitative estimate of drug-likeness (QED) is 0.635. The van der Waals surface area contributed by atoms with Gasteiger partial charge in [-0.15, -0.1) is 12.4 Å². The van der Waals surface area contributed by atoms with Crippen LogP contribution in [0.4, 0.5) is 5.69 Å². The van der Waals surface area contributed by atoms with Crippen LogP contribution in [-0.2, 0) is 6.42 Å². The van der Waals surface area contributed by atoms with Gasteiger partial charge in [-0.1, -0.05) is 11.6 Å². The molecule has 0 fully saturated rings. The van der Waals surface area contributed by atoms with Crippen LogP contribution in [0.5, 0.6) is 0 Å². The van der Waals surface area contributed by atoms with Crippen molar-refractivity contribution >= 4 is 29.7 Å². The predicted molar refractivity (Wildman–Crippen MR) is 48.7 cm³/mol. The van der Waals surface area contributed by atoms with E-state index in [1.54, 1.807) is 6.20 Å². The zero-order chi connectivity index (χ0) is 6.97. The van der Waals surface area contributed by atoms with Gasteiger partial charge < -0.3 is 5.32 Å². The number of nitrogens with one attached hydrogen (secondary N) is 1. The van der Waals surface area contributed by atoms with E-state index in [0.717, 1.165) is 24.2 Å². The predicted octanol–water partition coefficient (Wildman–Crippen LogP) is 2.12. The smallest absolute Gasteiger partial charge is 0.134 e. The van der Waals surface area contributed by atoms with Crippen molar-refractivity contribution < 1.29 is 0 Å². The van der Waals surface area contributed by atoms with E-state index in [-0.39, 0.29) is 12.4 Å². The van der Waals surface area contributed by atoms with Gasteiger partial charge in [-0.05, 0) is 12.5 Å². The summed E-state index contributed by atoms with van der Waals surface area (Å²) in [5.41, 5.74) is 2.30. The number of rotatable bonds is 0. The molecule has 0 bridgehead atoms. The van der Waals surface area contributed by atoms with Crippen LogP contribution in [0.2, 0.25) is 5.15 Å². The van der Waals surface area contributed by atoms with E-state index in [2.05, 4.69) is 10.3 Å². The summed E-state index contributed by atoms with van der Waals surface area (Å²) in [5, 5.41) is 3.86. The van der Waals surface area contributed by atoms with Gasteiger partial charge in [0.2, 0.25) is 0 Å². The number of aromatic nitrogens is 1. The lowest BCUT2D eigenvalue weighted by atomic mass is 10.2. The molecule has 11 heavy (non-hydrogen) atoms. The molecule has 0 amide bonds. The van der Waals surface area contributed by atoms with Gasteiger partial charge in [0.1, 0.15) is 5.15 Å².